The molecule has 0 aliphatic carbocycles. The van der Waals surface area contributed by atoms with Gasteiger partial charge in [0.15, 0.2) is 6.10 Å². The van der Waals surface area contributed by atoms with E-state index in [-0.39, 0.29) is 4.90 Å². The molecule has 0 saturated heterocycles. The van der Waals surface area contributed by atoms with Crippen molar-refractivity contribution < 1.29 is 22.7 Å². The van der Waals surface area contributed by atoms with E-state index in [0.29, 0.717) is 16.9 Å². The summed E-state index contributed by atoms with van der Waals surface area (Å²) >= 11 is 0. The van der Waals surface area contributed by atoms with Gasteiger partial charge in [0.1, 0.15) is 0 Å². The van der Waals surface area contributed by atoms with Gasteiger partial charge in [-0.15, -0.1) is 0 Å². The smallest absolute Gasteiger partial charge is 0.341 e. The number of amides is 1. The number of para-hydroxylation sites is 1. The zero-order chi connectivity index (χ0) is 22.1. The fraction of sp³-hybridized carbons (Fsp3) is 0.190. The topological polar surface area (TPSA) is 128 Å². The second kappa shape index (κ2) is 8.21. The maximum Gasteiger partial charge on any atom is 0.341 e. The zero-order valence-electron chi connectivity index (χ0n) is 16.7. The van der Waals surface area contributed by atoms with E-state index in [1.165, 1.54) is 31.2 Å². The van der Waals surface area contributed by atoms with Crippen molar-refractivity contribution in [1.29, 1.82) is 0 Å². The van der Waals surface area contributed by atoms with Crippen LogP contribution in [0.15, 0.2) is 53.4 Å². The Hall–Kier alpha value is -3.30. The van der Waals surface area contributed by atoms with E-state index in [4.69, 9.17) is 9.88 Å². The molecule has 1 aromatic heterocycles. The first-order valence-electron chi connectivity index (χ1n) is 9.08. The second-order valence-corrected chi connectivity index (χ2v) is 8.38. The number of nitrogens with two attached hydrogens (primary N) is 1. The molecule has 9 heteroatoms. The van der Waals surface area contributed by atoms with Gasteiger partial charge < -0.3 is 10.1 Å². The predicted octanol–water partition coefficient (Wildman–Crippen LogP) is 2.68. The standard InChI is InChI=1S/C21H21N3O5S/c1-12-17-6-4-5-7-18(17)23-13(2)19(12)21(26)29-14(3)20(25)24-15-8-10-16(11-9-15)30(22,27)28/h4-11,14H,1-3H3,(H,24,25)(H2,22,27,28)/t14-/m0/s1. The van der Waals surface area contributed by atoms with E-state index in [1.807, 2.05) is 31.2 Å². The number of pyridine rings is 1. The summed E-state index contributed by atoms with van der Waals surface area (Å²) in [6.45, 7) is 4.98. The molecule has 1 atom stereocenters. The van der Waals surface area contributed by atoms with Crippen LogP contribution < -0.4 is 10.5 Å². The first-order chi connectivity index (χ1) is 14.1. The van der Waals surface area contributed by atoms with Crippen LogP contribution in [0.25, 0.3) is 10.9 Å². The fourth-order valence-corrected chi connectivity index (χ4v) is 3.59. The number of rotatable bonds is 5. The number of fused-ring (bicyclic) bond motifs is 1. The third-order valence-corrected chi connectivity index (χ3v) is 5.57. The van der Waals surface area contributed by atoms with Crippen molar-refractivity contribution in [2.24, 2.45) is 5.14 Å². The normalized spacial score (nSPS) is 12.4. The molecule has 30 heavy (non-hydrogen) atoms. The van der Waals surface area contributed by atoms with Crippen LogP contribution >= 0.6 is 0 Å². The second-order valence-electron chi connectivity index (χ2n) is 6.82. The summed E-state index contributed by atoms with van der Waals surface area (Å²) in [6, 6.07) is 12.8. The Morgan fingerprint density at radius 2 is 1.70 bits per heavy atom. The average Bonchev–Trinajstić information content (AvgIpc) is 2.67. The molecule has 3 N–H and O–H groups in total. The van der Waals surface area contributed by atoms with Gasteiger partial charge in [-0.2, -0.15) is 0 Å². The Morgan fingerprint density at radius 1 is 1.07 bits per heavy atom. The van der Waals surface area contributed by atoms with Crippen molar-refractivity contribution in [3.05, 3.63) is 65.4 Å². The van der Waals surface area contributed by atoms with Crippen molar-refractivity contribution in [3.63, 3.8) is 0 Å². The monoisotopic (exact) mass is 427 g/mol. The van der Waals surface area contributed by atoms with E-state index >= 15 is 0 Å². The molecule has 2 aromatic carbocycles. The molecule has 0 fully saturated rings. The summed E-state index contributed by atoms with van der Waals surface area (Å²) in [7, 11) is -3.82. The molecule has 1 heterocycles. The molecule has 0 saturated carbocycles. The van der Waals surface area contributed by atoms with Gasteiger partial charge in [-0.3, -0.25) is 9.78 Å². The molecular formula is C21H21N3O5S. The van der Waals surface area contributed by atoms with Crippen LogP contribution in [0, 0.1) is 13.8 Å². The number of benzene rings is 2. The van der Waals surface area contributed by atoms with Crippen LogP contribution in [0.3, 0.4) is 0 Å². The van der Waals surface area contributed by atoms with E-state index in [2.05, 4.69) is 10.3 Å². The lowest BCUT2D eigenvalue weighted by Crippen LogP contribution is -2.30. The van der Waals surface area contributed by atoms with Crippen molar-refractivity contribution in [2.45, 2.75) is 31.8 Å². The van der Waals surface area contributed by atoms with Gasteiger partial charge in [-0.05, 0) is 56.7 Å². The van der Waals surface area contributed by atoms with Crippen molar-refractivity contribution in [1.82, 2.24) is 4.98 Å². The van der Waals surface area contributed by atoms with Crippen LogP contribution in [0.2, 0.25) is 0 Å². The summed E-state index contributed by atoms with van der Waals surface area (Å²) in [5, 5.41) is 8.45. The number of hydrogen-bond acceptors (Lipinski definition) is 6. The Morgan fingerprint density at radius 3 is 2.33 bits per heavy atom. The number of nitrogens with one attached hydrogen (secondary N) is 1. The van der Waals surface area contributed by atoms with Gasteiger partial charge in [-0.25, -0.2) is 18.4 Å². The molecule has 0 radical (unpaired) electrons. The highest BCUT2D eigenvalue weighted by molar-refractivity contribution is 7.89. The Labute approximate surface area is 174 Å². The van der Waals surface area contributed by atoms with Crippen LogP contribution in [0.1, 0.15) is 28.5 Å². The van der Waals surface area contributed by atoms with Gasteiger partial charge in [0.05, 0.1) is 21.7 Å². The van der Waals surface area contributed by atoms with Crippen LogP contribution in [0.4, 0.5) is 5.69 Å². The highest BCUT2D eigenvalue weighted by Crippen LogP contribution is 2.23. The minimum absolute atomic E-state index is 0.0743. The van der Waals surface area contributed by atoms with E-state index in [9.17, 15) is 18.0 Å². The SMILES string of the molecule is Cc1nc2ccccc2c(C)c1C(=O)O[C@@H](C)C(=O)Nc1ccc(S(N)(=O)=O)cc1. The predicted molar refractivity (Wildman–Crippen MR) is 113 cm³/mol. The van der Waals surface area contributed by atoms with Crippen LogP contribution in [-0.2, 0) is 19.6 Å². The number of carbonyl (C=O) groups is 2. The third kappa shape index (κ3) is 4.47. The molecule has 0 spiro atoms. The van der Waals surface area contributed by atoms with E-state index < -0.39 is 28.0 Å². The first kappa shape index (κ1) is 21.4. The number of anilines is 1. The van der Waals surface area contributed by atoms with Gasteiger partial charge in [-0.1, -0.05) is 18.2 Å². The Kier molecular flexibility index (Phi) is 5.86. The maximum absolute atomic E-state index is 12.7. The highest BCUT2D eigenvalue weighted by atomic mass is 32.2. The number of primary sulfonamides is 1. The third-order valence-electron chi connectivity index (χ3n) is 4.64. The number of esters is 1. The largest absolute Gasteiger partial charge is 0.449 e. The lowest BCUT2D eigenvalue weighted by Gasteiger charge is -2.16. The summed E-state index contributed by atoms with van der Waals surface area (Å²) < 4.78 is 27.9. The minimum Gasteiger partial charge on any atom is -0.449 e. The summed E-state index contributed by atoms with van der Waals surface area (Å²) in [4.78, 5) is 29.5. The van der Waals surface area contributed by atoms with E-state index in [0.717, 1.165) is 16.5 Å². The number of sulfonamides is 1. The van der Waals surface area contributed by atoms with Crippen molar-refractivity contribution >= 4 is 38.5 Å². The summed E-state index contributed by atoms with van der Waals surface area (Å²) in [6.07, 6.45) is -1.08. The Balaban J connectivity index is 1.74. The number of hydrogen-bond donors (Lipinski definition) is 2. The van der Waals surface area contributed by atoms with Crippen LogP contribution in [-0.4, -0.2) is 31.4 Å². The number of aryl methyl sites for hydroxylation is 2. The molecule has 1 amide bonds. The fourth-order valence-electron chi connectivity index (χ4n) is 3.08. The molecule has 8 nitrogen and oxygen atoms in total. The van der Waals surface area contributed by atoms with Crippen LogP contribution in [0.5, 0.6) is 0 Å². The van der Waals surface area contributed by atoms with Gasteiger partial charge >= 0.3 is 5.97 Å². The molecule has 0 unspecified atom stereocenters. The van der Waals surface area contributed by atoms with Crippen molar-refractivity contribution in [3.8, 4) is 0 Å². The minimum atomic E-state index is -3.82. The molecule has 0 aliphatic heterocycles. The molecule has 0 bridgehead atoms. The lowest BCUT2D eigenvalue weighted by atomic mass is 10.0. The molecule has 0 aliphatic rings. The molecule has 3 aromatic rings. The molecular weight excluding hydrogens is 406 g/mol. The van der Waals surface area contributed by atoms with E-state index in [1.54, 1.807) is 6.92 Å². The number of aromatic nitrogens is 1. The average molecular weight is 427 g/mol. The van der Waals surface area contributed by atoms with Crippen molar-refractivity contribution in [2.75, 3.05) is 5.32 Å². The number of ether oxygens (including phenoxy) is 1. The van der Waals surface area contributed by atoms with Gasteiger partial charge in [0.25, 0.3) is 5.91 Å². The maximum atomic E-state index is 12.7. The molecule has 3 rings (SSSR count). The number of nitrogens with zero attached hydrogens (tertiary/aromatic N) is 1. The number of carbonyl (C=O) groups excluding carboxylic acids is 2. The lowest BCUT2D eigenvalue weighted by molar-refractivity contribution is -0.123. The summed E-state index contributed by atoms with van der Waals surface area (Å²) in [5.74, 6) is -1.20. The Bertz CT molecular complexity index is 1240. The molecule has 156 valence electrons. The highest BCUT2D eigenvalue weighted by Gasteiger charge is 2.23. The zero-order valence-corrected chi connectivity index (χ0v) is 17.5. The quantitative estimate of drug-likeness (QED) is 0.603. The first-order valence-corrected chi connectivity index (χ1v) is 10.6. The van der Waals surface area contributed by atoms with Gasteiger partial charge in [0.2, 0.25) is 10.0 Å². The summed E-state index contributed by atoms with van der Waals surface area (Å²) in [5.41, 5.74) is 2.69. The van der Waals surface area contributed by atoms with Gasteiger partial charge in [0, 0.05) is 11.1 Å².